The van der Waals surface area contributed by atoms with E-state index in [9.17, 15) is 9.59 Å². The minimum atomic E-state index is -0.329. The zero-order chi connectivity index (χ0) is 20.4. The number of carbonyl (C=O) groups is 2. The Bertz CT molecular complexity index is 1160. The van der Waals surface area contributed by atoms with Crippen LogP contribution in [0.4, 0.5) is 0 Å². The van der Waals surface area contributed by atoms with Gasteiger partial charge in [-0.15, -0.1) is 0 Å². The minimum Gasteiger partial charge on any atom is -0.486 e. The highest BCUT2D eigenvalue weighted by Gasteiger charge is 2.17. The minimum absolute atomic E-state index is 0.169. The number of ether oxygens (including phenoxy) is 3. The molecule has 4 rings (SSSR count). The van der Waals surface area contributed by atoms with Crippen LogP contribution in [0.15, 0.2) is 41.4 Å². The smallest absolute Gasteiger partial charge is 0.307 e. The number of hydrogen-bond acceptors (Lipinski definition) is 6. The Balaban J connectivity index is 1.82. The van der Waals surface area contributed by atoms with Gasteiger partial charge in [0.05, 0.1) is 23.7 Å². The van der Waals surface area contributed by atoms with Crippen molar-refractivity contribution in [1.29, 1.82) is 0 Å². The molecule has 0 saturated heterocycles. The molecule has 1 aliphatic heterocycles. The monoisotopic (exact) mass is 412 g/mol. The van der Waals surface area contributed by atoms with Gasteiger partial charge < -0.3 is 18.8 Å². The number of esters is 1. The van der Waals surface area contributed by atoms with Crippen molar-refractivity contribution in [2.45, 2.75) is 19.9 Å². The van der Waals surface area contributed by atoms with Crippen LogP contribution in [0.1, 0.15) is 22.3 Å². The van der Waals surface area contributed by atoms with E-state index in [-0.39, 0.29) is 18.3 Å². The van der Waals surface area contributed by atoms with Gasteiger partial charge in [-0.2, -0.15) is 4.99 Å². The quantitative estimate of drug-likeness (QED) is 0.616. The van der Waals surface area contributed by atoms with Crippen LogP contribution in [0.5, 0.6) is 11.5 Å². The lowest BCUT2D eigenvalue weighted by Crippen LogP contribution is -2.19. The summed E-state index contributed by atoms with van der Waals surface area (Å²) < 4.78 is 18.9. The number of nitrogens with zero attached hydrogens (tertiary/aromatic N) is 2. The van der Waals surface area contributed by atoms with Crippen molar-refractivity contribution in [3.8, 4) is 11.5 Å². The van der Waals surface area contributed by atoms with Crippen LogP contribution < -0.4 is 14.3 Å². The van der Waals surface area contributed by atoms with Crippen LogP contribution in [0.25, 0.3) is 10.2 Å². The summed E-state index contributed by atoms with van der Waals surface area (Å²) in [5.74, 6) is 0.654. The molecule has 7 nitrogen and oxygen atoms in total. The second kappa shape index (κ2) is 8.08. The first-order chi connectivity index (χ1) is 14.0. The van der Waals surface area contributed by atoms with Gasteiger partial charge in [0, 0.05) is 24.2 Å². The van der Waals surface area contributed by atoms with E-state index in [1.165, 1.54) is 18.4 Å². The third-order valence-electron chi connectivity index (χ3n) is 4.58. The SMILES string of the molecule is COC(=O)CCn1c(=NC(=O)c2cccc(C)c2)sc2cc3c(cc21)OCCO3. The third-order valence-corrected chi connectivity index (χ3v) is 5.62. The molecule has 2 heterocycles. The number of carbonyl (C=O) groups excluding carboxylic acids is 2. The molecule has 0 radical (unpaired) electrons. The molecule has 0 fully saturated rings. The maximum atomic E-state index is 12.7. The molecule has 8 heteroatoms. The van der Waals surface area contributed by atoms with Gasteiger partial charge in [-0.1, -0.05) is 29.0 Å². The van der Waals surface area contributed by atoms with E-state index < -0.39 is 0 Å². The first-order valence-electron chi connectivity index (χ1n) is 9.20. The molecule has 3 aromatic rings. The van der Waals surface area contributed by atoms with E-state index in [0.29, 0.717) is 41.6 Å². The third kappa shape index (κ3) is 4.02. The van der Waals surface area contributed by atoms with E-state index in [4.69, 9.17) is 14.2 Å². The summed E-state index contributed by atoms with van der Waals surface area (Å²) in [6.45, 7) is 3.24. The van der Waals surface area contributed by atoms with E-state index in [2.05, 4.69) is 4.99 Å². The van der Waals surface area contributed by atoms with Gasteiger partial charge >= 0.3 is 5.97 Å². The first-order valence-corrected chi connectivity index (χ1v) is 10.0. The summed E-state index contributed by atoms with van der Waals surface area (Å²) in [5.41, 5.74) is 2.34. The van der Waals surface area contributed by atoms with Gasteiger partial charge in [-0.25, -0.2) is 0 Å². The number of thiazole rings is 1. The van der Waals surface area contributed by atoms with Crippen molar-refractivity contribution >= 4 is 33.4 Å². The standard InChI is InChI=1S/C21H20N2O5S/c1-13-4-3-5-14(10-13)20(25)22-21-23(7-6-19(24)26-2)15-11-16-17(12-18(15)29-21)28-9-8-27-16/h3-5,10-12H,6-9H2,1-2H3. The zero-order valence-corrected chi connectivity index (χ0v) is 17.0. The van der Waals surface area contributed by atoms with Gasteiger partial charge in [0.25, 0.3) is 5.91 Å². The molecule has 1 amide bonds. The molecule has 0 aliphatic carbocycles. The van der Waals surface area contributed by atoms with Crippen LogP contribution in [-0.2, 0) is 16.1 Å². The number of aromatic nitrogens is 1. The molecule has 0 bridgehead atoms. The number of methoxy groups -OCH3 is 1. The highest BCUT2D eigenvalue weighted by atomic mass is 32.1. The fraction of sp³-hybridized carbons (Fsp3) is 0.286. The molecule has 0 spiro atoms. The Labute approximate surface area is 171 Å². The number of hydrogen-bond donors (Lipinski definition) is 0. The summed E-state index contributed by atoms with van der Waals surface area (Å²) in [6, 6.07) is 11.1. The van der Waals surface area contributed by atoms with Gasteiger partial charge in [-0.05, 0) is 19.1 Å². The van der Waals surface area contributed by atoms with Crippen molar-refractivity contribution in [3.05, 3.63) is 52.3 Å². The molecule has 1 aromatic heterocycles. The summed E-state index contributed by atoms with van der Waals surface area (Å²) in [4.78, 5) is 29.3. The fourth-order valence-electron chi connectivity index (χ4n) is 3.14. The van der Waals surface area contributed by atoms with Crippen LogP contribution in [-0.4, -0.2) is 36.8 Å². The lowest BCUT2D eigenvalue weighted by Gasteiger charge is -2.18. The number of amides is 1. The largest absolute Gasteiger partial charge is 0.486 e. The van der Waals surface area contributed by atoms with Gasteiger partial charge in [0.2, 0.25) is 0 Å². The van der Waals surface area contributed by atoms with Gasteiger partial charge in [-0.3, -0.25) is 9.59 Å². The number of benzene rings is 2. The highest BCUT2D eigenvalue weighted by Crippen LogP contribution is 2.35. The average Bonchev–Trinajstić information content (AvgIpc) is 3.05. The number of fused-ring (bicyclic) bond motifs is 2. The summed E-state index contributed by atoms with van der Waals surface area (Å²) >= 11 is 1.37. The first kappa shape index (κ1) is 19.2. The summed E-state index contributed by atoms with van der Waals surface area (Å²) in [6.07, 6.45) is 0.169. The molecule has 1 aliphatic rings. The molecular weight excluding hydrogens is 392 g/mol. The zero-order valence-electron chi connectivity index (χ0n) is 16.1. The summed E-state index contributed by atoms with van der Waals surface area (Å²) in [5, 5.41) is 0. The Hall–Kier alpha value is -3.13. The van der Waals surface area contributed by atoms with Crippen molar-refractivity contribution in [2.75, 3.05) is 20.3 Å². The van der Waals surface area contributed by atoms with Crippen LogP contribution in [0.2, 0.25) is 0 Å². The summed E-state index contributed by atoms with van der Waals surface area (Å²) in [7, 11) is 1.35. The topological polar surface area (TPSA) is 79.1 Å². The predicted octanol–water partition coefficient (Wildman–Crippen LogP) is 3.09. The molecular formula is C21H20N2O5S. The van der Waals surface area contributed by atoms with E-state index >= 15 is 0 Å². The Kier molecular flexibility index (Phi) is 5.35. The molecule has 150 valence electrons. The van der Waals surface area contributed by atoms with Crippen molar-refractivity contribution in [1.82, 2.24) is 4.57 Å². The Morgan fingerprint density at radius 2 is 1.93 bits per heavy atom. The molecule has 0 atom stereocenters. The lowest BCUT2D eigenvalue weighted by molar-refractivity contribution is -0.140. The number of rotatable bonds is 4. The van der Waals surface area contributed by atoms with Crippen molar-refractivity contribution in [2.24, 2.45) is 4.99 Å². The molecule has 2 aromatic carbocycles. The Morgan fingerprint density at radius 1 is 1.17 bits per heavy atom. The second-order valence-corrected chi connectivity index (χ2v) is 7.62. The Morgan fingerprint density at radius 3 is 2.66 bits per heavy atom. The van der Waals surface area contributed by atoms with Crippen molar-refractivity contribution < 1.29 is 23.8 Å². The van der Waals surface area contributed by atoms with Gasteiger partial charge in [0.15, 0.2) is 16.3 Å². The van der Waals surface area contributed by atoms with Crippen LogP contribution in [0, 0.1) is 6.92 Å². The molecule has 0 unspecified atom stereocenters. The maximum absolute atomic E-state index is 12.7. The normalized spacial score (nSPS) is 13.5. The average molecular weight is 412 g/mol. The lowest BCUT2D eigenvalue weighted by atomic mass is 10.1. The fourth-order valence-corrected chi connectivity index (χ4v) is 4.21. The predicted molar refractivity (Wildman–Crippen MR) is 109 cm³/mol. The molecule has 0 N–H and O–H groups in total. The van der Waals surface area contributed by atoms with E-state index in [1.54, 1.807) is 12.1 Å². The second-order valence-electron chi connectivity index (χ2n) is 6.61. The van der Waals surface area contributed by atoms with E-state index in [1.807, 2.05) is 35.8 Å². The van der Waals surface area contributed by atoms with Crippen LogP contribution >= 0.6 is 11.3 Å². The van der Waals surface area contributed by atoms with E-state index in [0.717, 1.165) is 15.8 Å². The maximum Gasteiger partial charge on any atom is 0.307 e. The van der Waals surface area contributed by atoms with Crippen molar-refractivity contribution in [3.63, 3.8) is 0 Å². The van der Waals surface area contributed by atoms with Gasteiger partial charge in [0.1, 0.15) is 13.2 Å². The number of aryl methyl sites for hydroxylation is 2. The molecule has 0 saturated carbocycles. The van der Waals surface area contributed by atoms with Crippen LogP contribution in [0.3, 0.4) is 0 Å². The highest BCUT2D eigenvalue weighted by molar-refractivity contribution is 7.16. The molecule has 29 heavy (non-hydrogen) atoms.